The van der Waals surface area contributed by atoms with Crippen molar-refractivity contribution in [3.05, 3.63) is 57.6 Å². The summed E-state index contributed by atoms with van der Waals surface area (Å²) in [5.74, 6) is 1.51. The van der Waals surface area contributed by atoms with Gasteiger partial charge in [0.05, 0.1) is 19.2 Å². The number of hydrogen-bond donors (Lipinski definition) is 1. The van der Waals surface area contributed by atoms with Crippen LogP contribution in [0.3, 0.4) is 0 Å². The monoisotopic (exact) mass is 361 g/mol. The molecule has 0 fully saturated rings. The summed E-state index contributed by atoms with van der Waals surface area (Å²) >= 11 is 12.2. The normalized spacial score (nSPS) is 10.0. The summed E-state index contributed by atoms with van der Waals surface area (Å²) in [7, 11) is 3.26. The van der Waals surface area contributed by atoms with Crippen molar-refractivity contribution in [3.8, 4) is 11.5 Å². The first kappa shape index (κ1) is 18.9. The van der Waals surface area contributed by atoms with Gasteiger partial charge in [-0.15, -0.1) is 12.4 Å². The third kappa shape index (κ3) is 4.68. The Labute approximate surface area is 146 Å². The summed E-state index contributed by atoms with van der Waals surface area (Å²) in [5, 5.41) is 4.45. The van der Waals surface area contributed by atoms with Crippen LogP contribution in [0.5, 0.6) is 11.5 Å². The SMILES string of the molecule is COc1ccccc1CNCc1cc(Cl)cc(Cl)c1OC.Cl. The second kappa shape index (κ2) is 9.11. The Hall–Kier alpha value is -1.13. The highest BCUT2D eigenvalue weighted by molar-refractivity contribution is 6.35. The van der Waals surface area contributed by atoms with E-state index in [0.29, 0.717) is 28.9 Å². The van der Waals surface area contributed by atoms with Gasteiger partial charge in [0.25, 0.3) is 0 Å². The van der Waals surface area contributed by atoms with Gasteiger partial charge in [-0.1, -0.05) is 41.4 Å². The van der Waals surface area contributed by atoms with Gasteiger partial charge in [-0.2, -0.15) is 0 Å². The van der Waals surface area contributed by atoms with Crippen molar-refractivity contribution in [1.82, 2.24) is 5.32 Å². The number of benzene rings is 2. The van der Waals surface area contributed by atoms with Crippen LogP contribution in [0.4, 0.5) is 0 Å². The van der Waals surface area contributed by atoms with Crippen molar-refractivity contribution in [2.75, 3.05) is 14.2 Å². The minimum absolute atomic E-state index is 0. The number of nitrogens with one attached hydrogen (secondary N) is 1. The first-order valence-electron chi connectivity index (χ1n) is 6.50. The molecule has 0 saturated carbocycles. The molecule has 0 amide bonds. The first-order chi connectivity index (χ1) is 10.2. The lowest BCUT2D eigenvalue weighted by Gasteiger charge is -2.13. The molecule has 2 aromatic carbocycles. The predicted molar refractivity (Wildman–Crippen MR) is 93.8 cm³/mol. The Morgan fingerprint density at radius 2 is 1.64 bits per heavy atom. The molecule has 0 radical (unpaired) electrons. The second-order valence-electron chi connectivity index (χ2n) is 4.50. The maximum atomic E-state index is 6.12. The van der Waals surface area contributed by atoms with Crippen molar-refractivity contribution in [3.63, 3.8) is 0 Å². The Balaban J connectivity index is 0.00000242. The molecule has 22 heavy (non-hydrogen) atoms. The second-order valence-corrected chi connectivity index (χ2v) is 5.34. The molecular formula is C16H18Cl3NO2. The fraction of sp³-hybridized carbons (Fsp3) is 0.250. The van der Waals surface area contributed by atoms with Crippen molar-refractivity contribution < 1.29 is 9.47 Å². The van der Waals surface area contributed by atoms with E-state index >= 15 is 0 Å². The van der Waals surface area contributed by atoms with Crippen molar-refractivity contribution in [2.24, 2.45) is 0 Å². The molecule has 3 nitrogen and oxygen atoms in total. The van der Waals surface area contributed by atoms with E-state index in [1.165, 1.54) is 0 Å². The number of rotatable bonds is 6. The molecule has 120 valence electrons. The summed E-state index contributed by atoms with van der Waals surface area (Å²) < 4.78 is 10.6. The van der Waals surface area contributed by atoms with Crippen LogP contribution in [0.1, 0.15) is 11.1 Å². The molecule has 0 saturated heterocycles. The lowest BCUT2D eigenvalue weighted by molar-refractivity contribution is 0.404. The summed E-state index contributed by atoms with van der Waals surface area (Å²) in [6.45, 7) is 1.28. The molecular weight excluding hydrogens is 345 g/mol. The van der Waals surface area contributed by atoms with Crippen LogP contribution >= 0.6 is 35.6 Å². The van der Waals surface area contributed by atoms with E-state index in [1.807, 2.05) is 30.3 Å². The van der Waals surface area contributed by atoms with Gasteiger partial charge in [0.2, 0.25) is 0 Å². The zero-order valence-corrected chi connectivity index (χ0v) is 14.7. The Kier molecular flexibility index (Phi) is 7.83. The molecule has 0 bridgehead atoms. The maximum Gasteiger partial charge on any atom is 0.142 e. The fourth-order valence-corrected chi connectivity index (χ4v) is 2.77. The summed E-state index contributed by atoms with van der Waals surface area (Å²) in [4.78, 5) is 0. The zero-order valence-electron chi connectivity index (χ0n) is 12.4. The van der Waals surface area contributed by atoms with E-state index in [4.69, 9.17) is 32.7 Å². The molecule has 0 aromatic heterocycles. The van der Waals surface area contributed by atoms with Gasteiger partial charge < -0.3 is 14.8 Å². The van der Waals surface area contributed by atoms with Crippen molar-refractivity contribution in [1.29, 1.82) is 0 Å². The molecule has 1 N–H and O–H groups in total. The molecule has 0 spiro atoms. The van der Waals surface area contributed by atoms with Crippen LogP contribution in [0, 0.1) is 0 Å². The van der Waals surface area contributed by atoms with Crippen molar-refractivity contribution >= 4 is 35.6 Å². The summed E-state index contributed by atoms with van der Waals surface area (Å²) in [5.41, 5.74) is 2.01. The molecule has 0 unspecified atom stereocenters. The van der Waals surface area contributed by atoms with E-state index in [1.54, 1.807) is 20.3 Å². The fourth-order valence-electron chi connectivity index (χ4n) is 2.15. The summed E-state index contributed by atoms with van der Waals surface area (Å²) in [6, 6.07) is 11.4. The highest BCUT2D eigenvalue weighted by Crippen LogP contribution is 2.32. The Morgan fingerprint density at radius 3 is 2.32 bits per heavy atom. The maximum absolute atomic E-state index is 6.12. The van der Waals surface area contributed by atoms with Crippen LogP contribution < -0.4 is 14.8 Å². The van der Waals surface area contributed by atoms with Gasteiger partial charge in [-0.05, 0) is 18.2 Å². The van der Waals surface area contributed by atoms with Crippen LogP contribution in [-0.2, 0) is 13.1 Å². The average molecular weight is 363 g/mol. The van der Waals surface area contributed by atoms with Crippen molar-refractivity contribution in [2.45, 2.75) is 13.1 Å². The molecule has 0 aliphatic rings. The van der Waals surface area contributed by atoms with E-state index < -0.39 is 0 Å². The van der Waals surface area contributed by atoms with E-state index in [-0.39, 0.29) is 12.4 Å². The smallest absolute Gasteiger partial charge is 0.142 e. The highest BCUT2D eigenvalue weighted by Gasteiger charge is 2.10. The third-order valence-electron chi connectivity index (χ3n) is 3.11. The van der Waals surface area contributed by atoms with Gasteiger partial charge in [0.1, 0.15) is 11.5 Å². The first-order valence-corrected chi connectivity index (χ1v) is 7.25. The molecule has 2 rings (SSSR count). The van der Waals surface area contributed by atoms with Gasteiger partial charge in [-0.25, -0.2) is 0 Å². The summed E-state index contributed by atoms with van der Waals surface area (Å²) in [6.07, 6.45) is 0. The van der Waals surface area contributed by atoms with Crippen LogP contribution in [0.2, 0.25) is 10.0 Å². The van der Waals surface area contributed by atoms with E-state index in [0.717, 1.165) is 16.9 Å². The molecule has 0 aliphatic heterocycles. The number of ether oxygens (including phenoxy) is 2. The van der Waals surface area contributed by atoms with Gasteiger partial charge in [-0.3, -0.25) is 0 Å². The van der Waals surface area contributed by atoms with Crippen LogP contribution in [0.15, 0.2) is 36.4 Å². The molecule has 6 heteroatoms. The largest absolute Gasteiger partial charge is 0.496 e. The number of para-hydroxylation sites is 1. The van der Waals surface area contributed by atoms with Gasteiger partial charge in [0.15, 0.2) is 0 Å². The lowest BCUT2D eigenvalue weighted by atomic mass is 10.1. The Morgan fingerprint density at radius 1 is 0.955 bits per heavy atom. The van der Waals surface area contributed by atoms with Crippen LogP contribution in [0.25, 0.3) is 0 Å². The Bertz CT molecular complexity index is 620. The van der Waals surface area contributed by atoms with Gasteiger partial charge >= 0.3 is 0 Å². The highest BCUT2D eigenvalue weighted by atomic mass is 35.5. The molecule has 0 aliphatic carbocycles. The number of halogens is 3. The lowest BCUT2D eigenvalue weighted by Crippen LogP contribution is -2.14. The predicted octanol–water partition coefficient (Wildman–Crippen LogP) is 4.72. The minimum Gasteiger partial charge on any atom is -0.496 e. The average Bonchev–Trinajstić information content (AvgIpc) is 2.47. The van der Waals surface area contributed by atoms with E-state index in [2.05, 4.69) is 5.32 Å². The number of methoxy groups -OCH3 is 2. The number of hydrogen-bond acceptors (Lipinski definition) is 3. The van der Waals surface area contributed by atoms with Gasteiger partial charge in [0, 0.05) is 29.2 Å². The zero-order chi connectivity index (χ0) is 15.2. The quantitative estimate of drug-likeness (QED) is 0.806. The van der Waals surface area contributed by atoms with E-state index in [9.17, 15) is 0 Å². The molecule has 2 aromatic rings. The molecule has 0 heterocycles. The molecule has 0 atom stereocenters. The van der Waals surface area contributed by atoms with Crippen LogP contribution in [-0.4, -0.2) is 14.2 Å². The standard InChI is InChI=1S/C16H17Cl2NO2.ClH/c1-20-15-6-4-3-5-11(15)9-19-10-12-7-13(17)8-14(18)16(12)21-2;/h3-8,19H,9-10H2,1-2H3;1H. The topological polar surface area (TPSA) is 30.5 Å². The third-order valence-corrected chi connectivity index (χ3v) is 3.61. The minimum atomic E-state index is 0.